The van der Waals surface area contributed by atoms with Crippen LogP contribution in [0.1, 0.15) is 98.8 Å². The molecule has 0 aromatic rings. The van der Waals surface area contributed by atoms with Gasteiger partial charge in [-0.15, -0.1) is 11.3 Å². The van der Waals surface area contributed by atoms with E-state index in [0.717, 1.165) is 31.4 Å². The number of carbonyl (C=O) groups excluding carboxylic acids is 4. The minimum absolute atomic E-state index is 0.0297. The number of rotatable bonds is 21. The number of hydrogen-bond donors (Lipinski definition) is 4. The second-order valence-electron chi connectivity index (χ2n) is 14.3. The zero-order chi connectivity index (χ0) is 34.7. The quantitative estimate of drug-likeness (QED) is 0.0465. The van der Waals surface area contributed by atoms with E-state index in [1.807, 2.05) is 51.3 Å². The Balaban J connectivity index is 1.69. The van der Waals surface area contributed by atoms with Gasteiger partial charge in [0.05, 0.1) is 15.8 Å². The van der Waals surface area contributed by atoms with Crippen molar-refractivity contribution in [3.63, 3.8) is 0 Å². The van der Waals surface area contributed by atoms with Crippen molar-refractivity contribution in [1.82, 2.24) is 21.0 Å². The number of hydrazine groups is 2. The lowest BCUT2D eigenvalue weighted by atomic mass is 9.93. The first-order chi connectivity index (χ1) is 21.4. The third kappa shape index (κ3) is 12.5. The van der Waals surface area contributed by atoms with Gasteiger partial charge < -0.3 is 15.4 Å². The molecule has 6 atom stereocenters. The average molecular weight is 690 g/mol. The van der Waals surface area contributed by atoms with Crippen LogP contribution in [0.4, 0.5) is 0 Å². The number of nitroso groups, excluding NO2 is 1. The average Bonchev–Trinajstić information content (AvgIpc) is 3.46. The van der Waals surface area contributed by atoms with E-state index in [2.05, 4.69) is 29.9 Å². The van der Waals surface area contributed by atoms with Gasteiger partial charge in [0.15, 0.2) is 0 Å². The van der Waals surface area contributed by atoms with Crippen molar-refractivity contribution in [2.75, 3.05) is 44.2 Å². The molecule has 2 aliphatic heterocycles. The van der Waals surface area contributed by atoms with Crippen molar-refractivity contribution in [2.45, 2.75) is 127 Å². The van der Waals surface area contributed by atoms with E-state index in [-0.39, 0.29) is 54.3 Å². The van der Waals surface area contributed by atoms with E-state index in [1.165, 1.54) is 4.90 Å². The molecule has 46 heavy (non-hydrogen) atoms. The summed E-state index contributed by atoms with van der Waals surface area (Å²) >= 11 is 1.86. The summed E-state index contributed by atoms with van der Waals surface area (Å²) in [6.07, 6.45) is 12.3. The number of nitrogens with two attached hydrogens (primary N) is 1. The molecule has 14 heteroatoms. The molecule has 0 aliphatic carbocycles. The van der Waals surface area contributed by atoms with Crippen LogP contribution in [0.5, 0.6) is 0 Å². The summed E-state index contributed by atoms with van der Waals surface area (Å²) in [5, 5.41) is 6.19. The van der Waals surface area contributed by atoms with Gasteiger partial charge in [-0.1, -0.05) is 27.2 Å². The molecule has 266 valence electrons. The van der Waals surface area contributed by atoms with Crippen LogP contribution in [0.3, 0.4) is 0 Å². The van der Waals surface area contributed by atoms with Crippen molar-refractivity contribution >= 4 is 45.4 Å². The Morgan fingerprint density at radius 3 is 2.37 bits per heavy atom. The number of thioether (sulfide) groups is 1. The maximum Gasteiger partial charge on any atom is 0.243 e. The smallest absolute Gasteiger partial charge is 0.243 e. The number of imide groups is 1. The maximum absolute atomic E-state index is 12.9. The topological polar surface area (TPSA) is 163 Å². The van der Waals surface area contributed by atoms with E-state index in [9.17, 15) is 24.1 Å². The predicted octanol–water partition coefficient (Wildman–Crippen LogP) is 3.40. The zero-order valence-corrected chi connectivity index (χ0v) is 31.1. The van der Waals surface area contributed by atoms with Gasteiger partial charge in [-0.3, -0.25) is 24.1 Å². The number of hydrogen-bond acceptors (Lipinski definition) is 7. The van der Waals surface area contributed by atoms with Gasteiger partial charge in [-0.2, -0.15) is 11.8 Å². The van der Waals surface area contributed by atoms with Crippen LogP contribution < -0.4 is 21.9 Å². The molecule has 0 radical (unpaired) electrons. The number of likely N-dealkylation sites (tertiary alicyclic amines) is 1. The molecule has 0 aromatic carbocycles. The molecule has 0 spiro atoms. The van der Waals surface area contributed by atoms with Gasteiger partial charge in [0.2, 0.25) is 28.6 Å². The summed E-state index contributed by atoms with van der Waals surface area (Å²) in [6, 6.07) is 0.0562. The predicted molar refractivity (Wildman–Crippen MR) is 187 cm³/mol. The summed E-state index contributed by atoms with van der Waals surface area (Å²) in [4.78, 5) is 63.4. The first kappa shape index (κ1) is 40.1. The minimum Gasteiger partial charge on any atom is -0.375 e. The van der Waals surface area contributed by atoms with Crippen molar-refractivity contribution in [3.8, 4) is 0 Å². The highest BCUT2D eigenvalue weighted by atomic mass is 32.3. The largest absolute Gasteiger partial charge is 0.375 e. The number of carbonyl (C=O) groups is 4. The van der Waals surface area contributed by atoms with Gasteiger partial charge in [-0.25, -0.2) is 10.0 Å². The molecule has 6 unspecified atom stereocenters. The third-order valence-electron chi connectivity index (χ3n) is 9.67. The molecule has 0 aromatic heterocycles. The molecular formula is C32H61N6O6S2+. The Hall–Kier alpha value is -2.06. The Labute approximate surface area is 282 Å². The molecule has 2 fully saturated rings. The number of ether oxygens (including phenoxy) is 1. The molecule has 2 rings (SSSR count). The monoisotopic (exact) mass is 689 g/mol. The van der Waals surface area contributed by atoms with E-state index < -0.39 is 21.2 Å². The third-order valence-corrected chi connectivity index (χ3v) is 13.4. The standard InChI is InChI=1S/C32H60N6O6S2/c1-9-31(4,35-27(40)15-19-37-28(41)21-25(30(37)42)46(6,7)8)17-20-44-32(5,10-2)16-18-34-26(39)14-12-11-13-24-29(36-38(33)43)23(3)22-45-24/h23-25,29H,9-22H2,1-8H3,(H4-,33,34,35,36,39,40,43)/p+1. The molecule has 2 saturated heterocycles. The highest BCUT2D eigenvalue weighted by Crippen LogP contribution is 2.46. The fourth-order valence-corrected chi connectivity index (χ4v) is 8.91. The summed E-state index contributed by atoms with van der Waals surface area (Å²) in [5.41, 5.74) is 1.90. The molecule has 5 N–H and O–H groups in total. The molecule has 2 aliphatic rings. The molecule has 0 saturated carbocycles. The van der Waals surface area contributed by atoms with Crippen LogP contribution >= 0.6 is 21.8 Å². The highest BCUT2D eigenvalue weighted by Gasteiger charge is 2.43. The van der Waals surface area contributed by atoms with Crippen LogP contribution in [0.25, 0.3) is 0 Å². The Kier molecular flexibility index (Phi) is 15.6. The van der Waals surface area contributed by atoms with Gasteiger partial charge in [0.1, 0.15) is 6.04 Å². The number of nitrogens with zero attached hydrogens (tertiary/aromatic N) is 2. The second-order valence-corrected chi connectivity index (χ2v) is 20.0. The Morgan fingerprint density at radius 2 is 1.78 bits per heavy atom. The van der Waals surface area contributed by atoms with Crippen LogP contribution in [-0.4, -0.2) is 105 Å². The van der Waals surface area contributed by atoms with Crippen LogP contribution in [0, 0.1) is 10.8 Å². The van der Waals surface area contributed by atoms with Crippen LogP contribution in [0.15, 0.2) is 0 Å². The number of nitrogens with one attached hydrogen (secondary N) is 3. The van der Waals surface area contributed by atoms with Crippen molar-refractivity contribution in [2.24, 2.45) is 11.8 Å². The van der Waals surface area contributed by atoms with Crippen molar-refractivity contribution in [3.05, 3.63) is 4.91 Å². The highest BCUT2D eigenvalue weighted by molar-refractivity contribution is 8.33. The van der Waals surface area contributed by atoms with Gasteiger partial charge in [-0.05, 0) is 82.8 Å². The van der Waals surface area contributed by atoms with E-state index in [0.29, 0.717) is 55.0 Å². The van der Waals surface area contributed by atoms with E-state index >= 15 is 0 Å². The Bertz CT molecular complexity index is 1070. The molecule has 4 amide bonds. The SMILES string of the molecule is CCC(C)(CCOC(C)(CC)CCNC(=O)CCCCC1SCC(C)C1N[N+](N)=O)NC(=O)CCN1C(=O)CC(S(C)(C)C)C1=O. The van der Waals surface area contributed by atoms with Crippen LogP contribution in [0.2, 0.25) is 0 Å². The summed E-state index contributed by atoms with van der Waals surface area (Å²) in [6.45, 7) is 11.3. The zero-order valence-electron chi connectivity index (χ0n) is 29.4. The first-order valence-electron chi connectivity index (χ1n) is 16.8. The summed E-state index contributed by atoms with van der Waals surface area (Å²) < 4.78 is 6.31. The van der Waals surface area contributed by atoms with Crippen LogP contribution in [-0.2, 0) is 23.9 Å². The fourth-order valence-electron chi connectivity index (χ4n) is 5.91. The van der Waals surface area contributed by atoms with Gasteiger partial charge in [0.25, 0.3) is 0 Å². The first-order valence-corrected chi connectivity index (χ1v) is 20.7. The number of unbranched alkanes of at least 4 members (excludes halogenated alkanes) is 1. The normalized spacial score (nSPS) is 24.7. The second kappa shape index (κ2) is 17.9. The van der Waals surface area contributed by atoms with E-state index in [4.69, 9.17) is 10.6 Å². The van der Waals surface area contributed by atoms with Crippen molar-refractivity contribution in [1.29, 1.82) is 0 Å². The fraction of sp³-hybridized carbons (Fsp3) is 0.875. The summed E-state index contributed by atoms with van der Waals surface area (Å²) in [5.74, 6) is 6.13. The molecule has 12 nitrogen and oxygen atoms in total. The van der Waals surface area contributed by atoms with E-state index in [1.54, 1.807) is 0 Å². The minimum atomic E-state index is -1.20. The molecular weight excluding hydrogens is 629 g/mol. The lowest BCUT2D eigenvalue weighted by Crippen LogP contribution is -2.48. The molecule has 0 bridgehead atoms. The number of amides is 4. The Morgan fingerprint density at radius 1 is 1.09 bits per heavy atom. The van der Waals surface area contributed by atoms with Gasteiger partial charge in [0, 0.05) is 49.7 Å². The van der Waals surface area contributed by atoms with Gasteiger partial charge >= 0.3 is 0 Å². The van der Waals surface area contributed by atoms with Crippen molar-refractivity contribution < 1.29 is 28.9 Å². The molecule has 2 heterocycles. The maximum atomic E-state index is 12.9. The summed E-state index contributed by atoms with van der Waals surface area (Å²) in [7, 11) is -1.20. The lowest BCUT2D eigenvalue weighted by Gasteiger charge is -2.34. The lowest BCUT2D eigenvalue weighted by molar-refractivity contribution is -0.625.